The molecule has 9 heteroatoms. The number of amides is 2. The van der Waals surface area contributed by atoms with Crippen LogP contribution >= 0.6 is 15.9 Å². The number of carbonyl (C=O) groups excluding carboxylic acids is 2. The van der Waals surface area contributed by atoms with Crippen molar-refractivity contribution in [2.45, 2.75) is 26.7 Å². The summed E-state index contributed by atoms with van der Waals surface area (Å²) in [4.78, 5) is 26.5. The summed E-state index contributed by atoms with van der Waals surface area (Å²) < 4.78 is 17.1. The lowest BCUT2D eigenvalue weighted by molar-refractivity contribution is 0.0772. The monoisotopic (exact) mass is 469 g/mol. The number of rotatable bonds is 5. The van der Waals surface area contributed by atoms with E-state index in [4.69, 9.17) is 19.9 Å². The van der Waals surface area contributed by atoms with Crippen molar-refractivity contribution in [2.24, 2.45) is 11.8 Å². The fourth-order valence-electron chi connectivity index (χ4n) is 3.35. The van der Waals surface area contributed by atoms with E-state index in [0.717, 1.165) is 12.8 Å². The van der Waals surface area contributed by atoms with E-state index in [1.54, 1.807) is 11.0 Å². The van der Waals surface area contributed by atoms with Crippen LogP contribution in [0.3, 0.4) is 0 Å². The van der Waals surface area contributed by atoms with E-state index in [1.807, 2.05) is 13.8 Å². The van der Waals surface area contributed by atoms with E-state index in [2.05, 4.69) is 21.2 Å². The van der Waals surface area contributed by atoms with Crippen LogP contribution in [-0.4, -0.2) is 56.4 Å². The lowest BCUT2D eigenvalue weighted by atomic mass is 9.97. The molecule has 0 bridgehead atoms. The first-order valence-electron chi connectivity index (χ1n) is 9.94. The second-order valence-electron chi connectivity index (χ2n) is 7.79. The van der Waals surface area contributed by atoms with Gasteiger partial charge >= 0.3 is 6.09 Å². The number of halogens is 1. The highest BCUT2D eigenvalue weighted by Gasteiger charge is 2.27. The Morgan fingerprint density at radius 1 is 1.28 bits per heavy atom. The number of carbonyl (C=O) groups is 2. The van der Waals surface area contributed by atoms with Gasteiger partial charge in [0, 0.05) is 24.1 Å². The van der Waals surface area contributed by atoms with Crippen LogP contribution in [0.5, 0.6) is 11.5 Å². The zero-order valence-corrected chi connectivity index (χ0v) is 18.4. The number of nitrogens with zero attached hydrogens (tertiary/aromatic N) is 1. The molecule has 2 heterocycles. The Morgan fingerprint density at radius 2 is 1.93 bits per heavy atom. The summed E-state index contributed by atoms with van der Waals surface area (Å²) >= 11 is 3.37. The minimum atomic E-state index is -0.253. The maximum atomic E-state index is 12.8. The number of hydrogen-bond donors (Lipinski definition) is 2. The molecule has 8 nitrogen and oxygen atoms in total. The van der Waals surface area contributed by atoms with E-state index in [0.29, 0.717) is 78.5 Å². The maximum absolute atomic E-state index is 12.8. The van der Waals surface area contributed by atoms with E-state index in [1.165, 1.54) is 0 Å². The van der Waals surface area contributed by atoms with E-state index < -0.39 is 0 Å². The number of anilines is 1. The number of fused-ring (bicyclic) bond motifs is 1. The fraction of sp³-hybridized carbons (Fsp3) is 0.600. The zero-order valence-electron chi connectivity index (χ0n) is 16.8. The van der Waals surface area contributed by atoms with Gasteiger partial charge in [-0.3, -0.25) is 4.79 Å². The largest absolute Gasteiger partial charge is 0.485 e. The van der Waals surface area contributed by atoms with Crippen molar-refractivity contribution in [2.75, 3.05) is 45.2 Å². The van der Waals surface area contributed by atoms with Crippen LogP contribution in [0.25, 0.3) is 0 Å². The van der Waals surface area contributed by atoms with Crippen molar-refractivity contribution < 1.29 is 23.8 Å². The lowest BCUT2D eigenvalue weighted by Gasteiger charge is -2.31. The second kappa shape index (κ2) is 9.56. The van der Waals surface area contributed by atoms with Crippen LogP contribution in [0.2, 0.25) is 0 Å². The van der Waals surface area contributed by atoms with Crippen LogP contribution in [-0.2, 0) is 4.74 Å². The summed E-state index contributed by atoms with van der Waals surface area (Å²) in [5.41, 5.74) is 6.84. The molecule has 0 radical (unpaired) electrons. The van der Waals surface area contributed by atoms with Crippen molar-refractivity contribution in [1.29, 1.82) is 0 Å². The summed E-state index contributed by atoms with van der Waals surface area (Å²) in [5.74, 6) is 1.19. The Hall–Kier alpha value is -2.16. The summed E-state index contributed by atoms with van der Waals surface area (Å²) in [6.45, 7) is 7.03. The maximum Gasteiger partial charge on any atom is 0.409 e. The van der Waals surface area contributed by atoms with Crippen LogP contribution in [0.1, 0.15) is 37.0 Å². The minimum absolute atomic E-state index is 0.230. The van der Waals surface area contributed by atoms with Gasteiger partial charge in [0.2, 0.25) is 0 Å². The molecule has 0 unspecified atom stereocenters. The first-order valence-corrected chi connectivity index (χ1v) is 10.7. The summed E-state index contributed by atoms with van der Waals surface area (Å²) in [6, 6.07) is 1.66. The average Bonchev–Trinajstić information content (AvgIpc) is 2.73. The third-order valence-corrected chi connectivity index (χ3v) is 5.66. The fourth-order valence-corrected chi connectivity index (χ4v) is 3.76. The van der Waals surface area contributed by atoms with Gasteiger partial charge in [-0.1, -0.05) is 13.8 Å². The molecule has 2 amide bonds. The van der Waals surface area contributed by atoms with Crippen molar-refractivity contribution in [1.82, 2.24) is 10.2 Å². The van der Waals surface area contributed by atoms with E-state index in [9.17, 15) is 9.59 Å². The Labute approximate surface area is 179 Å². The lowest BCUT2D eigenvalue weighted by Crippen LogP contribution is -2.42. The van der Waals surface area contributed by atoms with E-state index in [-0.39, 0.29) is 12.0 Å². The molecule has 1 aromatic rings. The number of likely N-dealkylation sites (tertiary alicyclic amines) is 1. The topological polar surface area (TPSA) is 103 Å². The zero-order chi connectivity index (χ0) is 21.0. The highest BCUT2D eigenvalue weighted by molar-refractivity contribution is 9.10. The Balaban J connectivity index is 1.52. The van der Waals surface area contributed by atoms with E-state index >= 15 is 0 Å². The molecule has 3 N–H and O–H groups in total. The summed E-state index contributed by atoms with van der Waals surface area (Å²) in [7, 11) is 0. The van der Waals surface area contributed by atoms with Gasteiger partial charge in [0.05, 0.1) is 17.9 Å². The van der Waals surface area contributed by atoms with Crippen LogP contribution < -0.4 is 20.5 Å². The van der Waals surface area contributed by atoms with Gasteiger partial charge < -0.3 is 30.2 Å². The number of nitrogens with two attached hydrogens (primary N) is 1. The van der Waals surface area contributed by atoms with Crippen LogP contribution in [0, 0.1) is 11.8 Å². The molecule has 2 aliphatic heterocycles. The quantitative estimate of drug-likeness (QED) is 0.642. The third kappa shape index (κ3) is 5.26. The van der Waals surface area contributed by atoms with Gasteiger partial charge in [-0.2, -0.15) is 0 Å². The molecule has 0 saturated carbocycles. The molecule has 1 saturated heterocycles. The van der Waals surface area contributed by atoms with Crippen molar-refractivity contribution in [3.63, 3.8) is 0 Å². The molecular weight excluding hydrogens is 442 g/mol. The van der Waals surface area contributed by atoms with Gasteiger partial charge in [-0.15, -0.1) is 0 Å². The number of benzene rings is 1. The van der Waals surface area contributed by atoms with Crippen LogP contribution in [0.4, 0.5) is 10.5 Å². The summed E-state index contributed by atoms with van der Waals surface area (Å²) in [5, 5.41) is 2.98. The summed E-state index contributed by atoms with van der Waals surface area (Å²) in [6.07, 6.45) is 1.39. The molecule has 0 aromatic heterocycles. The van der Waals surface area contributed by atoms with Gasteiger partial charge in [-0.25, -0.2) is 4.79 Å². The molecule has 3 rings (SSSR count). The minimum Gasteiger partial charge on any atom is -0.485 e. The van der Waals surface area contributed by atoms with Crippen molar-refractivity contribution in [3.05, 3.63) is 16.1 Å². The average molecular weight is 470 g/mol. The molecule has 0 spiro atoms. The first kappa shape index (κ1) is 21.5. The number of ether oxygens (including phenoxy) is 3. The van der Waals surface area contributed by atoms with Crippen LogP contribution in [0.15, 0.2) is 10.5 Å². The Bertz CT molecular complexity index is 763. The highest BCUT2D eigenvalue weighted by atomic mass is 79.9. The van der Waals surface area contributed by atoms with Crippen molar-refractivity contribution >= 4 is 33.6 Å². The second-order valence-corrected chi connectivity index (χ2v) is 8.64. The molecule has 29 heavy (non-hydrogen) atoms. The smallest absolute Gasteiger partial charge is 0.409 e. The van der Waals surface area contributed by atoms with Gasteiger partial charge in [0.15, 0.2) is 11.5 Å². The third-order valence-electron chi connectivity index (χ3n) is 5.01. The predicted molar refractivity (Wildman–Crippen MR) is 112 cm³/mol. The normalized spacial score (nSPS) is 16.6. The number of piperidine rings is 1. The number of nitrogen functional groups attached to an aromatic ring is 1. The molecule has 2 aliphatic rings. The molecule has 160 valence electrons. The first-order chi connectivity index (χ1) is 13.9. The Kier molecular flexibility index (Phi) is 7.10. The number of nitrogens with one attached hydrogen (secondary N) is 1. The number of hydrogen-bond acceptors (Lipinski definition) is 6. The predicted octanol–water partition coefficient (Wildman–Crippen LogP) is 3.04. The SMILES string of the molecule is CC(C)COC(=O)N1CCC(CNC(=O)c2cc(Br)c(N)c3c2OCCO3)CC1. The Morgan fingerprint density at radius 3 is 2.59 bits per heavy atom. The molecular formula is C20H28BrN3O5. The highest BCUT2D eigenvalue weighted by Crippen LogP contribution is 2.43. The van der Waals surface area contributed by atoms with Gasteiger partial charge in [-0.05, 0) is 46.7 Å². The standard InChI is InChI=1S/C20H28BrN3O5/c1-12(2)11-29-20(26)24-5-3-13(4-6-24)10-23-19(25)14-9-15(21)16(22)18-17(14)27-7-8-28-18/h9,12-13H,3-8,10-11,22H2,1-2H3,(H,23,25). The molecule has 0 atom stereocenters. The van der Waals surface area contributed by atoms with Crippen molar-refractivity contribution in [3.8, 4) is 11.5 Å². The van der Waals surface area contributed by atoms with Gasteiger partial charge in [0.25, 0.3) is 5.91 Å². The molecule has 0 aliphatic carbocycles. The molecule has 1 fully saturated rings. The molecule has 1 aromatic carbocycles. The van der Waals surface area contributed by atoms with Gasteiger partial charge in [0.1, 0.15) is 13.2 Å².